The summed E-state index contributed by atoms with van der Waals surface area (Å²) in [6.07, 6.45) is 3.73. The summed E-state index contributed by atoms with van der Waals surface area (Å²) >= 11 is 0. The van der Waals surface area contributed by atoms with Crippen molar-refractivity contribution in [3.63, 3.8) is 0 Å². The lowest BCUT2D eigenvalue weighted by Crippen LogP contribution is -2.46. The average molecular weight is 239 g/mol. The smallest absolute Gasteiger partial charge is 0.334 e. The predicted molar refractivity (Wildman–Crippen MR) is 64.5 cm³/mol. The third-order valence-electron chi connectivity index (χ3n) is 3.80. The van der Waals surface area contributed by atoms with E-state index >= 15 is 0 Å². The normalized spacial score (nSPS) is 32.5. The van der Waals surface area contributed by atoms with Crippen LogP contribution in [0.3, 0.4) is 0 Å². The lowest BCUT2D eigenvalue weighted by molar-refractivity contribution is -0.138. The van der Waals surface area contributed by atoms with Crippen molar-refractivity contribution in [2.24, 2.45) is 0 Å². The Labute approximate surface area is 102 Å². The molecular formula is C13H21NO3. The molecule has 2 saturated heterocycles. The van der Waals surface area contributed by atoms with Crippen molar-refractivity contribution < 1.29 is 14.6 Å². The van der Waals surface area contributed by atoms with E-state index in [2.05, 4.69) is 11.5 Å². The van der Waals surface area contributed by atoms with Crippen LogP contribution in [0.25, 0.3) is 0 Å². The minimum atomic E-state index is -0.293. The topological polar surface area (TPSA) is 49.8 Å². The molecule has 0 saturated carbocycles. The molecule has 1 N–H and O–H groups in total. The minimum Gasteiger partial charge on any atom is -0.463 e. The zero-order chi connectivity index (χ0) is 12.4. The van der Waals surface area contributed by atoms with Crippen molar-refractivity contribution in [3.05, 3.63) is 12.2 Å². The fraction of sp³-hybridized carbons (Fsp3) is 0.769. The second-order valence-electron chi connectivity index (χ2n) is 5.01. The maximum Gasteiger partial charge on any atom is 0.334 e. The summed E-state index contributed by atoms with van der Waals surface area (Å²) < 4.78 is 4.94. The second-order valence-corrected chi connectivity index (χ2v) is 5.01. The highest BCUT2D eigenvalue weighted by atomic mass is 16.5. The first kappa shape index (κ1) is 12.6. The van der Waals surface area contributed by atoms with Gasteiger partial charge in [-0.05, 0) is 32.6 Å². The molecule has 2 fully saturated rings. The summed E-state index contributed by atoms with van der Waals surface area (Å²) in [7, 11) is 0. The molecule has 2 rings (SSSR count). The summed E-state index contributed by atoms with van der Waals surface area (Å²) in [5, 5.41) is 9.69. The number of nitrogens with zero attached hydrogens (tertiary/aromatic N) is 1. The maximum atomic E-state index is 11.5. The Hall–Kier alpha value is -0.870. The van der Waals surface area contributed by atoms with Crippen LogP contribution in [0, 0.1) is 0 Å². The molecule has 2 unspecified atom stereocenters. The third-order valence-corrected chi connectivity index (χ3v) is 3.80. The van der Waals surface area contributed by atoms with Crippen molar-refractivity contribution in [2.75, 3.05) is 13.2 Å². The van der Waals surface area contributed by atoms with Gasteiger partial charge in [-0.3, -0.25) is 4.90 Å². The number of carbonyl (C=O) groups excluding carboxylic acids is 1. The molecule has 4 heteroatoms. The molecule has 0 aromatic carbocycles. The second kappa shape index (κ2) is 5.19. The number of rotatable bonds is 4. The van der Waals surface area contributed by atoms with E-state index < -0.39 is 0 Å². The molecule has 96 valence electrons. The molecule has 0 radical (unpaired) electrons. The molecule has 0 aromatic rings. The Morgan fingerprint density at radius 1 is 1.41 bits per heavy atom. The molecule has 2 heterocycles. The lowest BCUT2D eigenvalue weighted by Gasteiger charge is -2.37. The van der Waals surface area contributed by atoms with Crippen LogP contribution in [0.2, 0.25) is 0 Å². The molecular weight excluding hydrogens is 218 g/mol. The first-order valence-electron chi connectivity index (χ1n) is 6.40. The van der Waals surface area contributed by atoms with Crippen LogP contribution >= 0.6 is 0 Å². The monoisotopic (exact) mass is 239 g/mol. The van der Waals surface area contributed by atoms with E-state index in [0.29, 0.717) is 30.8 Å². The van der Waals surface area contributed by atoms with Crippen LogP contribution < -0.4 is 0 Å². The molecule has 4 nitrogen and oxygen atoms in total. The van der Waals surface area contributed by atoms with E-state index in [1.807, 2.05) is 0 Å². The summed E-state index contributed by atoms with van der Waals surface area (Å²) in [5.41, 5.74) is 0.528. The van der Waals surface area contributed by atoms with Gasteiger partial charge in [0.25, 0.3) is 0 Å². The van der Waals surface area contributed by atoms with Crippen LogP contribution in [-0.4, -0.2) is 47.3 Å². The molecule has 2 atom stereocenters. The maximum absolute atomic E-state index is 11.5. The van der Waals surface area contributed by atoms with E-state index in [4.69, 9.17) is 4.74 Å². The third kappa shape index (κ3) is 2.69. The fourth-order valence-corrected chi connectivity index (χ4v) is 3.02. The Morgan fingerprint density at radius 2 is 2.00 bits per heavy atom. The quantitative estimate of drug-likeness (QED) is 0.589. The largest absolute Gasteiger partial charge is 0.463 e. The van der Waals surface area contributed by atoms with E-state index in [9.17, 15) is 9.90 Å². The molecule has 0 aliphatic carbocycles. The first-order valence-corrected chi connectivity index (χ1v) is 6.40. The summed E-state index contributed by atoms with van der Waals surface area (Å²) in [4.78, 5) is 13.8. The zero-order valence-corrected chi connectivity index (χ0v) is 10.4. The van der Waals surface area contributed by atoms with Crippen LogP contribution in [0.15, 0.2) is 12.2 Å². The van der Waals surface area contributed by atoms with Crippen molar-refractivity contribution >= 4 is 5.97 Å². The van der Waals surface area contributed by atoms with Crippen molar-refractivity contribution in [2.45, 2.75) is 50.8 Å². The van der Waals surface area contributed by atoms with Gasteiger partial charge in [0.1, 0.15) is 0 Å². The van der Waals surface area contributed by atoms with Crippen molar-refractivity contribution in [1.82, 2.24) is 4.90 Å². The van der Waals surface area contributed by atoms with Crippen LogP contribution in [0.1, 0.15) is 32.6 Å². The lowest BCUT2D eigenvalue weighted by atomic mass is 9.99. The Bertz CT molecular complexity index is 302. The summed E-state index contributed by atoms with van der Waals surface area (Å²) in [6.45, 7) is 6.58. The number of esters is 1. The van der Waals surface area contributed by atoms with Gasteiger partial charge in [0.2, 0.25) is 0 Å². The minimum absolute atomic E-state index is 0.167. The highest BCUT2D eigenvalue weighted by Gasteiger charge is 2.40. The van der Waals surface area contributed by atoms with Gasteiger partial charge in [-0.25, -0.2) is 4.79 Å². The number of fused-ring (bicyclic) bond motifs is 2. The standard InChI is InChI=1S/C13H21NO3/c1-3-17-13(16)9(2)8-14-10-4-5-11(14)7-12(15)6-10/h10-12,15H,2-8H2,1H3. The average Bonchev–Trinajstić information content (AvgIpc) is 2.52. The summed E-state index contributed by atoms with van der Waals surface area (Å²) in [6, 6.07) is 0.824. The molecule has 0 spiro atoms. The van der Waals surface area contributed by atoms with Gasteiger partial charge in [0.15, 0.2) is 0 Å². The Morgan fingerprint density at radius 3 is 2.53 bits per heavy atom. The number of hydrogen-bond donors (Lipinski definition) is 1. The molecule has 2 aliphatic rings. The SMILES string of the molecule is C=C(CN1C2CCC1CC(O)C2)C(=O)OCC. The molecule has 0 aromatic heterocycles. The fourth-order valence-electron chi connectivity index (χ4n) is 3.02. The Balaban J connectivity index is 1.92. The van der Waals surface area contributed by atoms with Crippen LogP contribution in [0.5, 0.6) is 0 Å². The van der Waals surface area contributed by atoms with Crippen LogP contribution in [0.4, 0.5) is 0 Å². The van der Waals surface area contributed by atoms with Gasteiger partial charge in [0.05, 0.1) is 12.7 Å². The van der Waals surface area contributed by atoms with Crippen molar-refractivity contribution in [3.8, 4) is 0 Å². The molecule has 2 aliphatic heterocycles. The number of carbonyl (C=O) groups is 1. The van der Waals surface area contributed by atoms with E-state index in [1.54, 1.807) is 6.92 Å². The van der Waals surface area contributed by atoms with E-state index in [0.717, 1.165) is 25.7 Å². The van der Waals surface area contributed by atoms with Gasteiger partial charge >= 0.3 is 5.97 Å². The zero-order valence-electron chi connectivity index (χ0n) is 10.4. The number of piperidine rings is 1. The van der Waals surface area contributed by atoms with Crippen molar-refractivity contribution in [1.29, 1.82) is 0 Å². The number of aliphatic hydroxyl groups is 1. The van der Waals surface area contributed by atoms with Gasteiger partial charge in [0, 0.05) is 24.2 Å². The number of hydrogen-bond acceptors (Lipinski definition) is 4. The van der Waals surface area contributed by atoms with Gasteiger partial charge in [-0.1, -0.05) is 6.58 Å². The van der Waals surface area contributed by atoms with E-state index in [-0.39, 0.29) is 12.1 Å². The highest BCUT2D eigenvalue weighted by molar-refractivity contribution is 5.88. The Kier molecular flexibility index (Phi) is 3.84. The molecule has 17 heavy (non-hydrogen) atoms. The first-order chi connectivity index (χ1) is 8.11. The molecule has 0 amide bonds. The van der Waals surface area contributed by atoms with Crippen LogP contribution in [-0.2, 0) is 9.53 Å². The number of aliphatic hydroxyl groups excluding tert-OH is 1. The summed E-state index contributed by atoms with van der Waals surface area (Å²) in [5.74, 6) is -0.293. The van der Waals surface area contributed by atoms with Gasteiger partial charge < -0.3 is 9.84 Å². The van der Waals surface area contributed by atoms with Gasteiger partial charge in [-0.2, -0.15) is 0 Å². The predicted octanol–water partition coefficient (Wildman–Crippen LogP) is 1.09. The number of ether oxygens (including phenoxy) is 1. The van der Waals surface area contributed by atoms with E-state index in [1.165, 1.54) is 0 Å². The highest BCUT2D eigenvalue weighted by Crippen LogP contribution is 2.35. The van der Waals surface area contributed by atoms with Gasteiger partial charge in [-0.15, -0.1) is 0 Å². The molecule has 2 bridgehead atoms.